The Morgan fingerprint density at radius 2 is 1.95 bits per heavy atom. The van der Waals surface area contributed by atoms with Crippen molar-refractivity contribution in [3.05, 3.63) is 28.3 Å². The van der Waals surface area contributed by atoms with Gasteiger partial charge in [0.2, 0.25) is 0 Å². The number of rotatable bonds is 5. The summed E-state index contributed by atoms with van der Waals surface area (Å²) in [6.45, 7) is 10.8. The zero-order valence-electron chi connectivity index (χ0n) is 13.9. The summed E-state index contributed by atoms with van der Waals surface area (Å²) in [4.78, 5) is 0. The molecule has 3 heteroatoms. The van der Waals surface area contributed by atoms with Crippen LogP contribution in [0.25, 0.3) is 0 Å². The average molecular weight is 310 g/mol. The van der Waals surface area contributed by atoms with Crippen LogP contribution in [0.5, 0.6) is 5.75 Å². The second-order valence-electron chi connectivity index (χ2n) is 6.68. The minimum atomic E-state index is 0.129. The predicted octanol–water partition coefficient (Wildman–Crippen LogP) is 5.06. The number of hydrogen-bond donors (Lipinski definition) is 1. The summed E-state index contributed by atoms with van der Waals surface area (Å²) in [6.07, 6.45) is 3.31. The van der Waals surface area contributed by atoms with Crippen LogP contribution in [0.15, 0.2) is 12.1 Å². The van der Waals surface area contributed by atoms with E-state index < -0.39 is 0 Å². The Kier molecular flexibility index (Phi) is 4.89. The zero-order chi connectivity index (χ0) is 15.8. The summed E-state index contributed by atoms with van der Waals surface area (Å²) in [5, 5.41) is 0.831. The first-order valence-corrected chi connectivity index (χ1v) is 8.45. The molecule has 1 fully saturated rings. The lowest BCUT2D eigenvalue weighted by atomic mass is 9.59. The quantitative estimate of drug-likeness (QED) is 0.825. The van der Waals surface area contributed by atoms with Crippen molar-refractivity contribution in [3.8, 4) is 5.75 Å². The zero-order valence-corrected chi connectivity index (χ0v) is 14.6. The lowest BCUT2D eigenvalue weighted by Gasteiger charge is -2.53. The van der Waals surface area contributed by atoms with Crippen LogP contribution in [0, 0.1) is 12.3 Å². The minimum Gasteiger partial charge on any atom is -0.489 e. The van der Waals surface area contributed by atoms with Gasteiger partial charge in [-0.3, -0.25) is 0 Å². The molecule has 1 aromatic carbocycles. The topological polar surface area (TPSA) is 35.2 Å². The molecule has 0 amide bonds. The third-order valence-electron chi connectivity index (χ3n) is 5.35. The maximum Gasteiger partial charge on any atom is 0.123 e. The van der Waals surface area contributed by atoms with Gasteiger partial charge in [0.25, 0.3) is 0 Å². The Hall–Kier alpha value is -0.730. The second-order valence-corrected chi connectivity index (χ2v) is 7.09. The number of hydrogen-bond acceptors (Lipinski definition) is 2. The molecule has 2 N–H and O–H groups in total. The summed E-state index contributed by atoms with van der Waals surface area (Å²) in [5.41, 5.74) is 8.65. The Morgan fingerprint density at radius 1 is 1.33 bits per heavy atom. The largest absolute Gasteiger partial charge is 0.489 e. The maximum atomic E-state index is 6.36. The van der Waals surface area contributed by atoms with E-state index in [-0.39, 0.29) is 17.6 Å². The molecule has 1 aliphatic carbocycles. The highest BCUT2D eigenvalue weighted by atomic mass is 35.5. The second kappa shape index (κ2) is 6.18. The highest BCUT2D eigenvalue weighted by Crippen LogP contribution is 2.48. The van der Waals surface area contributed by atoms with E-state index in [0.717, 1.165) is 41.2 Å². The van der Waals surface area contributed by atoms with Gasteiger partial charge in [0.05, 0.1) is 0 Å². The van der Waals surface area contributed by atoms with Crippen LogP contribution in [-0.2, 0) is 0 Å². The van der Waals surface area contributed by atoms with Crippen LogP contribution in [-0.4, -0.2) is 12.1 Å². The Morgan fingerprint density at radius 3 is 2.43 bits per heavy atom. The number of halogens is 1. The smallest absolute Gasteiger partial charge is 0.123 e. The van der Waals surface area contributed by atoms with Gasteiger partial charge in [-0.15, -0.1) is 0 Å². The third-order valence-corrected chi connectivity index (χ3v) is 5.68. The molecule has 2 rings (SSSR count). The average Bonchev–Trinajstić information content (AvgIpc) is 2.41. The van der Waals surface area contributed by atoms with E-state index in [1.54, 1.807) is 0 Å². The van der Waals surface area contributed by atoms with Gasteiger partial charge in [-0.05, 0) is 48.9 Å². The molecule has 0 aliphatic heterocycles. The van der Waals surface area contributed by atoms with Crippen molar-refractivity contribution in [2.45, 2.75) is 71.9 Å². The van der Waals surface area contributed by atoms with Crippen LogP contribution in [0.1, 0.15) is 64.0 Å². The SMILES string of the molecule is CCC1(CC)C(N)CC1Oc1cc(C(C)C)c(Cl)cc1C. The molecule has 0 saturated heterocycles. The van der Waals surface area contributed by atoms with E-state index in [1.165, 1.54) is 0 Å². The van der Waals surface area contributed by atoms with Crippen LogP contribution in [0.4, 0.5) is 0 Å². The first kappa shape index (κ1) is 16.6. The molecular formula is C18H28ClNO. The Bertz CT molecular complexity index is 508. The third kappa shape index (κ3) is 2.80. The number of nitrogens with two attached hydrogens (primary N) is 1. The normalized spacial score (nSPS) is 24.0. The molecular weight excluding hydrogens is 282 g/mol. The number of ether oxygens (including phenoxy) is 1. The van der Waals surface area contributed by atoms with Crippen molar-refractivity contribution in [1.82, 2.24) is 0 Å². The van der Waals surface area contributed by atoms with E-state index in [9.17, 15) is 0 Å². The minimum absolute atomic E-state index is 0.129. The molecule has 21 heavy (non-hydrogen) atoms. The Balaban J connectivity index is 2.26. The van der Waals surface area contributed by atoms with Gasteiger partial charge in [-0.1, -0.05) is 39.3 Å². The van der Waals surface area contributed by atoms with Gasteiger partial charge in [0.1, 0.15) is 11.9 Å². The standard InChI is InChI=1S/C18H28ClNO/c1-6-18(7-2)16(20)10-17(18)21-15-9-13(11(3)4)14(19)8-12(15)5/h8-9,11,16-17H,6-7,10,20H2,1-5H3. The van der Waals surface area contributed by atoms with Crippen molar-refractivity contribution < 1.29 is 4.74 Å². The lowest BCUT2D eigenvalue weighted by Crippen LogP contribution is -2.63. The predicted molar refractivity (Wildman–Crippen MR) is 90.3 cm³/mol. The van der Waals surface area contributed by atoms with Gasteiger partial charge < -0.3 is 10.5 Å². The van der Waals surface area contributed by atoms with E-state index in [4.69, 9.17) is 22.1 Å². The maximum absolute atomic E-state index is 6.36. The summed E-state index contributed by atoms with van der Waals surface area (Å²) in [6, 6.07) is 4.39. The van der Waals surface area contributed by atoms with Crippen molar-refractivity contribution in [2.75, 3.05) is 0 Å². The fourth-order valence-electron chi connectivity index (χ4n) is 3.56. The van der Waals surface area contributed by atoms with Crippen LogP contribution < -0.4 is 10.5 Å². The highest BCUT2D eigenvalue weighted by molar-refractivity contribution is 6.31. The van der Waals surface area contributed by atoms with Gasteiger partial charge >= 0.3 is 0 Å². The van der Waals surface area contributed by atoms with Crippen molar-refractivity contribution in [3.63, 3.8) is 0 Å². The number of aryl methyl sites for hydroxylation is 1. The molecule has 2 atom stereocenters. The molecule has 1 saturated carbocycles. The summed E-state index contributed by atoms with van der Waals surface area (Å²) in [5.74, 6) is 1.36. The molecule has 0 spiro atoms. The highest BCUT2D eigenvalue weighted by Gasteiger charge is 2.52. The molecule has 1 aliphatic rings. The Labute approximate surface area is 134 Å². The van der Waals surface area contributed by atoms with Gasteiger partial charge in [-0.2, -0.15) is 0 Å². The molecule has 0 aromatic heterocycles. The fraction of sp³-hybridized carbons (Fsp3) is 0.667. The van der Waals surface area contributed by atoms with Gasteiger partial charge in [0, 0.05) is 22.9 Å². The van der Waals surface area contributed by atoms with Crippen molar-refractivity contribution in [1.29, 1.82) is 0 Å². The van der Waals surface area contributed by atoms with Crippen molar-refractivity contribution >= 4 is 11.6 Å². The van der Waals surface area contributed by atoms with E-state index in [0.29, 0.717) is 5.92 Å². The fourth-order valence-corrected chi connectivity index (χ4v) is 4.00. The lowest BCUT2D eigenvalue weighted by molar-refractivity contribution is -0.0725. The van der Waals surface area contributed by atoms with E-state index in [1.807, 2.05) is 6.07 Å². The summed E-state index contributed by atoms with van der Waals surface area (Å²) >= 11 is 6.34. The molecule has 118 valence electrons. The molecule has 1 aromatic rings. The molecule has 0 bridgehead atoms. The van der Waals surface area contributed by atoms with Gasteiger partial charge in [0.15, 0.2) is 0 Å². The first-order valence-electron chi connectivity index (χ1n) is 8.08. The monoisotopic (exact) mass is 309 g/mol. The van der Waals surface area contributed by atoms with E-state index in [2.05, 4.69) is 40.7 Å². The first-order chi connectivity index (χ1) is 9.85. The molecule has 2 unspecified atom stereocenters. The van der Waals surface area contributed by atoms with Crippen LogP contribution in [0.3, 0.4) is 0 Å². The summed E-state index contributed by atoms with van der Waals surface area (Å²) < 4.78 is 6.36. The van der Waals surface area contributed by atoms with Gasteiger partial charge in [-0.25, -0.2) is 0 Å². The van der Waals surface area contributed by atoms with Crippen LogP contribution in [0.2, 0.25) is 5.02 Å². The summed E-state index contributed by atoms with van der Waals surface area (Å²) in [7, 11) is 0. The van der Waals surface area contributed by atoms with E-state index >= 15 is 0 Å². The molecule has 0 heterocycles. The van der Waals surface area contributed by atoms with Crippen LogP contribution >= 0.6 is 11.6 Å². The molecule has 0 radical (unpaired) electrons. The van der Waals surface area contributed by atoms with Crippen molar-refractivity contribution in [2.24, 2.45) is 11.1 Å². The number of benzene rings is 1. The molecule has 2 nitrogen and oxygen atoms in total.